The maximum atomic E-state index is 5.36. The molecule has 0 aliphatic rings. The topological polar surface area (TPSA) is 66.4 Å². The van der Waals surface area contributed by atoms with Gasteiger partial charge in [-0.1, -0.05) is 6.92 Å². The van der Waals surface area contributed by atoms with Crippen LogP contribution in [0.4, 0.5) is 17.8 Å². The number of rotatable bonds is 9. The molecule has 20 heavy (non-hydrogen) atoms. The van der Waals surface area contributed by atoms with Crippen LogP contribution in [0.2, 0.25) is 0 Å². The molecule has 0 unspecified atom stereocenters. The molecule has 1 aromatic heterocycles. The summed E-state index contributed by atoms with van der Waals surface area (Å²) in [7, 11) is 5.79. The van der Waals surface area contributed by atoms with E-state index < -0.39 is 0 Å². The van der Waals surface area contributed by atoms with E-state index in [-0.39, 0.29) is 0 Å². The van der Waals surface area contributed by atoms with Crippen molar-refractivity contribution in [1.29, 1.82) is 0 Å². The van der Waals surface area contributed by atoms with E-state index in [1.54, 1.807) is 0 Å². The lowest BCUT2D eigenvalue weighted by Crippen LogP contribution is -2.26. The van der Waals surface area contributed by atoms with Gasteiger partial charge < -0.3 is 19.9 Å². The summed E-state index contributed by atoms with van der Waals surface area (Å²) in [4.78, 5) is 17.1. The van der Waals surface area contributed by atoms with Gasteiger partial charge in [-0.2, -0.15) is 15.0 Å². The molecule has 1 aromatic rings. The standard InChI is InChI=1S/C13H26N6O/c1-6-8-14-11-15-12(18(3)4)17-13(16-11)19(5)9-10-20-7-2/h6-10H2,1-5H3,(H,14,15,16,17). The summed E-state index contributed by atoms with van der Waals surface area (Å²) in [6.45, 7) is 7.07. The maximum absolute atomic E-state index is 5.36. The number of anilines is 3. The van der Waals surface area contributed by atoms with Crippen LogP contribution in [0.1, 0.15) is 20.3 Å². The summed E-state index contributed by atoms with van der Waals surface area (Å²) in [6.07, 6.45) is 1.03. The predicted octanol–water partition coefficient (Wildman–Crippen LogP) is 1.23. The second-order valence-corrected chi connectivity index (χ2v) is 4.70. The molecule has 1 N–H and O–H groups in total. The Bertz CT molecular complexity index is 398. The highest BCUT2D eigenvalue weighted by atomic mass is 16.5. The maximum Gasteiger partial charge on any atom is 0.231 e. The zero-order valence-electron chi connectivity index (χ0n) is 13.2. The van der Waals surface area contributed by atoms with Crippen molar-refractivity contribution in [3.8, 4) is 0 Å². The van der Waals surface area contributed by atoms with Crippen LogP contribution in [0.25, 0.3) is 0 Å². The molecule has 0 amide bonds. The van der Waals surface area contributed by atoms with Crippen molar-refractivity contribution in [3.05, 3.63) is 0 Å². The van der Waals surface area contributed by atoms with Crippen LogP contribution in [0, 0.1) is 0 Å². The molecule has 0 radical (unpaired) electrons. The van der Waals surface area contributed by atoms with Gasteiger partial charge in [0.2, 0.25) is 17.8 Å². The molecule has 7 heteroatoms. The van der Waals surface area contributed by atoms with Gasteiger partial charge in [0.05, 0.1) is 6.61 Å². The van der Waals surface area contributed by atoms with Gasteiger partial charge in [0.1, 0.15) is 0 Å². The summed E-state index contributed by atoms with van der Waals surface area (Å²) in [5.41, 5.74) is 0. The monoisotopic (exact) mass is 282 g/mol. The van der Waals surface area contributed by atoms with Gasteiger partial charge in [-0.3, -0.25) is 0 Å². The van der Waals surface area contributed by atoms with Crippen LogP contribution < -0.4 is 15.1 Å². The first-order valence-electron chi connectivity index (χ1n) is 7.04. The van der Waals surface area contributed by atoms with Crippen LogP contribution in [0.3, 0.4) is 0 Å². The SMILES string of the molecule is CCCNc1nc(N(C)C)nc(N(C)CCOCC)n1. The summed E-state index contributed by atoms with van der Waals surface area (Å²) in [5, 5.41) is 3.21. The van der Waals surface area contributed by atoms with E-state index in [0.717, 1.165) is 26.1 Å². The molecular weight excluding hydrogens is 256 g/mol. The Hall–Kier alpha value is -1.63. The molecule has 0 aliphatic carbocycles. The Morgan fingerprint density at radius 3 is 2.35 bits per heavy atom. The quantitative estimate of drug-likeness (QED) is 0.683. The van der Waals surface area contributed by atoms with Crippen LogP contribution in [0.5, 0.6) is 0 Å². The molecule has 0 aromatic carbocycles. The second-order valence-electron chi connectivity index (χ2n) is 4.70. The number of hydrogen-bond acceptors (Lipinski definition) is 7. The van der Waals surface area contributed by atoms with Crippen molar-refractivity contribution >= 4 is 17.8 Å². The minimum absolute atomic E-state index is 0.615. The molecule has 0 spiro atoms. The predicted molar refractivity (Wildman–Crippen MR) is 82.7 cm³/mol. The molecule has 0 bridgehead atoms. The fourth-order valence-electron chi connectivity index (χ4n) is 1.49. The minimum atomic E-state index is 0.615. The van der Waals surface area contributed by atoms with Gasteiger partial charge in [0.15, 0.2) is 0 Å². The summed E-state index contributed by atoms with van der Waals surface area (Å²) >= 11 is 0. The summed E-state index contributed by atoms with van der Waals surface area (Å²) < 4.78 is 5.36. The number of nitrogens with one attached hydrogen (secondary N) is 1. The molecule has 0 saturated carbocycles. The largest absolute Gasteiger partial charge is 0.380 e. The fraction of sp³-hybridized carbons (Fsp3) is 0.769. The lowest BCUT2D eigenvalue weighted by atomic mass is 10.5. The van der Waals surface area contributed by atoms with E-state index in [2.05, 4.69) is 27.2 Å². The first kappa shape index (κ1) is 16.4. The lowest BCUT2D eigenvalue weighted by Gasteiger charge is -2.19. The smallest absolute Gasteiger partial charge is 0.231 e. The first-order valence-corrected chi connectivity index (χ1v) is 7.04. The molecule has 1 heterocycles. The van der Waals surface area contributed by atoms with Gasteiger partial charge in [-0.05, 0) is 13.3 Å². The van der Waals surface area contributed by atoms with E-state index in [1.165, 1.54) is 0 Å². The van der Waals surface area contributed by atoms with Crippen molar-refractivity contribution in [3.63, 3.8) is 0 Å². The molecule has 0 atom stereocenters. The number of likely N-dealkylation sites (N-methyl/N-ethyl adjacent to an activating group) is 1. The highest BCUT2D eigenvalue weighted by Crippen LogP contribution is 2.14. The van der Waals surface area contributed by atoms with E-state index in [4.69, 9.17) is 4.74 Å². The molecular formula is C13H26N6O. The number of nitrogens with zero attached hydrogens (tertiary/aromatic N) is 5. The number of ether oxygens (including phenoxy) is 1. The number of aromatic nitrogens is 3. The third-order valence-corrected chi connectivity index (χ3v) is 2.66. The van der Waals surface area contributed by atoms with Gasteiger partial charge in [0.25, 0.3) is 0 Å². The molecule has 1 rings (SSSR count). The van der Waals surface area contributed by atoms with Crippen LogP contribution in [0.15, 0.2) is 0 Å². The van der Waals surface area contributed by atoms with Crippen LogP contribution in [-0.4, -0.2) is 62.4 Å². The Balaban J connectivity index is 2.84. The molecule has 0 saturated heterocycles. The van der Waals surface area contributed by atoms with Crippen molar-refractivity contribution in [2.45, 2.75) is 20.3 Å². The molecule has 0 fully saturated rings. The normalized spacial score (nSPS) is 10.4. The van der Waals surface area contributed by atoms with E-state index in [9.17, 15) is 0 Å². The fourth-order valence-corrected chi connectivity index (χ4v) is 1.49. The van der Waals surface area contributed by atoms with E-state index in [0.29, 0.717) is 24.5 Å². The zero-order valence-corrected chi connectivity index (χ0v) is 13.2. The zero-order chi connectivity index (χ0) is 15.0. The minimum Gasteiger partial charge on any atom is -0.380 e. The van der Waals surface area contributed by atoms with Gasteiger partial charge >= 0.3 is 0 Å². The third-order valence-electron chi connectivity index (χ3n) is 2.66. The summed E-state index contributed by atoms with van der Waals surface area (Å²) in [6, 6.07) is 0. The van der Waals surface area contributed by atoms with Crippen molar-refractivity contribution in [2.75, 3.05) is 62.6 Å². The molecule has 114 valence electrons. The highest BCUT2D eigenvalue weighted by Gasteiger charge is 2.11. The Morgan fingerprint density at radius 2 is 1.75 bits per heavy atom. The van der Waals surface area contributed by atoms with Gasteiger partial charge in [-0.25, -0.2) is 0 Å². The van der Waals surface area contributed by atoms with Crippen molar-refractivity contribution < 1.29 is 4.74 Å². The van der Waals surface area contributed by atoms with Gasteiger partial charge in [0, 0.05) is 40.8 Å². The molecule has 7 nitrogen and oxygen atoms in total. The highest BCUT2D eigenvalue weighted by molar-refractivity contribution is 5.44. The van der Waals surface area contributed by atoms with E-state index in [1.807, 2.05) is 37.9 Å². The van der Waals surface area contributed by atoms with Crippen LogP contribution >= 0.6 is 0 Å². The Morgan fingerprint density at radius 1 is 1.05 bits per heavy atom. The summed E-state index contributed by atoms with van der Waals surface area (Å²) in [5.74, 6) is 1.92. The van der Waals surface area contributed by atoms with Crippen molar-refractivity contribution in [2.24, 2.45) is 0 Å². The second kappa shape index (κ2) is 8.52. The Labute approximate surface area is 121 Å². The van der Waals surface area contributed by atoms with Crippen molar-refractivity contribution in [1.82, 2.24) is 15.0 Å². The average molecular weight is 282 g/mol. The first-order chi connectivity index (χ1) is 9.58. The van der Waals surface area contributed by atoms with Crippen LogP contribution in [-0.2, 0) is 4.74 Å². The molecule has 0 aliphatic heterocycles. The Kier molecular flexibility index (Phi) is 7.00. The van der Waals surface area contributed by atoms with E-state index >= 15 is 0 Å². The third kappa shape index (κ3) is 5.16. The number of hydrogen-bond donors (Lipinski definition) is 1. The average Bonchev–Trinajstić information content (AvgIpc) is 2.44. The van der Waals surface area contributed by atoms with Gasteiger partial charge in [-0.15, -0.1) is 0 Å². The lowest BCUT2D eigenvalue weighted by molar-refractivity contribution is 0.154.